The van der Waals surface area contributed by atoms with Crippen LogP contribution in [0.25, 0.3) is 0 Å². The van der Waals surface area contributed by atoms with Crippen LogP contribution in [0.4, 0.5) is 24.8 Å². The highest BCUT2D eigenvalue weighted by Gasteiger charge is 2.26. The molecule has 1 aromatic heterocycles. The third-order valence-corrected chi connectivity index (χ3v) is 1.40. The average molecular weight is 206 g/mol. The molecule has 4 nitrogen and oxygen atoms in total. The van der Waals surface area contributed by atoms with Crippen LogP contribution in [0.1, 0.15) is 6.42 Å². The van der Waals surface area contributed by atoms with Gasteiger partial charge in [0.2, 0.25) is 0 Å². The lowest BCUT2D eigenvalue weighted by Gasteiger charge is -2.07. The zero-order chi connectivity index (χ0) is 10.6. The molecule has 78 valence electrons. The number of anilines is 2. The lowest BCUT2D eigenvalue weighted by Crippen LogP contribution is -2.15. The van der Waals surface area contributed by atoms with Gasteiger partial charge < -0.3 is 11.1 Å². The normalized spacial score (nSPS) is 11.4. The van der Waals surface area contributed by atoms with E-state index in [-0.39, 0.29) is 18.2 Å². The van der Waals surface area contributed by atoms with Crippen LogP contribution < -0.4 is 11.1 Å². The maximum Gasteiger partial charge on any atom is 0.390 e. The van der Waals surface area contributed by atoms with Gasteiger partial charge in [-0.25, -0.2) is 0 Å². The van der Waals surface area contributed by atoms with Gasteiger partial charge in [-0.1, -0.05) is 0 Å². The van der Waals surface area contributed by atoms with Crippen molar-refractivity contribution >= 4 is 11.6 Å². The van der Waals surface area contributed by atoms with E-state index in [1.54, 1.807) is 0 Å². The minimum atomic E-state index is -4.16. The molecule has 0 amide bonds. The first-order chi connectivity index (χ1) is 6.47. The molecule has 0 fully saturated rings. The molecular formula is C7H9F3N4. The maximum atomic E-state index is 11.7. The molecule has 0 aliphatic heterocycles. The number of halogens is 3. The van der Waals surface area contributed by atoms with Gasteiger partial charge in [0.1, 0.15) is 11.6 Å². The number of nitrogens with zero attached hydrogens (tertiary/aromatic N) is 2. The summed E-state index contributed by atoms with van der Waals surface area (Å²) in [6.07, 6.45) is -5.06. The van der Waals surface area contributed by atoms with E-state index in [0.717, 1.165) is 0 Å². The number of nitrogen functional groups attached to an aromatic ring is 1. The van der Waals surface area contributed by atoms with Gasteiger partial charge in [0.25, 0.3) is 0 Å². The zero-order valence-electron chi connectivity index (χ0n) is 7.17. The Bertz CT molecular complexity index is 282. The molecule has 14 heavy (non-hydrogen) atoms. The molecule has 1 heterocycles. The minimum Gasteiger partial charge on any atom is -0.382 e. The Kier molecular flexibility index (Phi) is 3.10. The molecule has 7 heteroatoms. The Labute approximate surface area is 78.3 Å². The van der Waals surface area contributed by atoms with Gasteiger partial charge in [0, 0.05) is 6.54 Å². The summed E-state index contributed by atoms with van der Waals surface area (Å²) in [4.78, 5) is 0. The quantitative estimate of drug-likeness (QED) is 0.785. The molecule has 0 aliphatic carbocycles. The SMILES string of the molecule is Nc1ccc(NCCC(F)(F)F)nn1. The summed E-state index contributed by atoms with van der Waals surface area (Å²) in [5, 5.41) is 9.50. The molecular weight excluding hydrogens is 197 g/mol. The smallest absolute Gasteiger partial charge is 0.382 e. The third-order valence-electron chi connectivity index (χ3n) is 1.40. The number of nitrogens with one attached hydrogen (secondary N) is 1. The third kappa shape index (κ3) is 3.92. The van der Waals surface area contributed by atoms with E-state index in [2.05, 4.69) is 15.5 Å². The lowest BCUT2D eigenvalue weighted by molar-refractivity contribution is -0.131. The molecule has 0 atom stereocenters. The van der Waals surface area contributed by atoms with Crippen LogP contribution in [-0.4, -0.2) is 22.9 Å². The van der Waals surface area contributed by atoms with E-state index < -0.39 is 12.6 Å². The fourth-order valence-electron chi connectivity index (χ4n) is 0.769. The number of alkyl halides is 3. The molecule has 0 saturated carbocycles. The van der Waals surface area contributed by atoms with E-state index in [1.165, 1.54) is 12.1 Å². The van der Waals surface area contributed by atoms with Crippen LogP contribution in [0.5, 0.6) is 0 Å². The molecule has 0 bridgehead atoms. The van der Waals surface area contributed by atoms with Gasteiger partial charge in [0.05, 0.1) is 6.42 Å². The Morgan fingerprint density at radius 1 is 1.29 bits per heavy atom. The molecule has 3 N–H and O–H groups in total. The second kappa shape index (κ2) is 4.12. The molecule has 0 aliphatic rings. The number of aromatic nitrogens is 2. The van der Waals surface area contributed by atoms with Gasteiger partial charge in [-0.05, 0) is 12.1 Å². The Hall–Kier alpha value is -1.53. The van der Waals surface area contributed by atoms with E-state index in [4.69, 9.17) is 5.73 Å². The van der Waals surface area contributed by atoms with Crippen LogP contribution in [0, 0.1) is 0 Å². The first-order valence-corrected chi connectivity index (χ1v) is 3.87. The predicted octanol–water partition coefficient (Wildman–Crippen LogP) is 1.42. The summed E-state index contributed by atoms with van der Waals surface area (Å²) in [5.74, 6) is 0.509. The summed E-state index contributed by atoms with van der Waals surface area (Å²) < 4.78 is 35.2. The number of hydrogen-bond acceptors (Lipinski definition) is 4. The van der Waals surface area contributed by atoms with Crippen LogP contribution in [0.15, 0.2) is 12.1 Å². The zero-order valence-corrected chi connectivity index (χ0v) is 7.17. The summed E-state index contributed by atoms with van der Waals surface area (Å²) in [5.41, 5.74) is 5.24. The fourth-order valence-corrected chi connectivity index (χ4v) is 0.769. The maximum absolute atomic E-state index is 11.7. The Morgan fingerprint density at radius 2 is 2.00 bits per heavy atom. The largest absolute Gasteiger partial charge is 0.390 e. The summed E-state index contributed by atoms with van der Waals surface area (Å²) in [6, 6.07) is 2.93. The highest BCUT2D eigenvalue weighted by molar-refractivity contribution is 5.38. The topological polar surface area (TPSA) is 63.8 Å². The summed E-state index contributed by atoms with van der Waals surface area (Å²) in [7, 11) is 0. The van der Waals surface area contributed by atoms with Crippen molar-refractivity contribution in [3.8, 4) is 0 Å². The fraction of sp³-hybridized carbons (Fsp3) is 0.429. The van der Waals surface area contributed by atoms with E-state index >= 15 is 0 Å². The summed E-state index contributed by atoms with van der Waals surface area (Å²) in [6.45, 7) is -0.220. The highest BCUT2D eigenvalue weighted by atomic mass is 19.4. The first kappa shape index (κ1) is 10.6. The average Bonchev–Trinajstić information content (AvgIpc) is 2.06. The van der Waals surface area contributed by atoms with Crippen LogP contribution in [-0.2, 0) is 0 Å². The molecule has 0 spiro atoms. The van der Waals surface area contributed by atoms with Crippen molar-refractivity contribution in [2.24, 2.45) is 0 Å². The van der Waals surface area contributed by atoms with Crippen molar-refractivity contribution in [3.63, 3.8) is 0 Å². The molecule has 0 aromatic carbocycles. The molecule has 0 saturated heterocycles. The van der Waals surface area contributed by atoms with Crippen LogP contribution in [0.3, 0.4) is 0 Å². The van der Waals surface area contributed by atoms with E-state index in [1.807, 2.05) is 0 Å². The monoisotopic (exact) mass is 206 g/mol. The number of nitrogens with two attached hydrogens (primary N) is 1. The molecule has 1 aromatic rings. The van der Waals surface area contributed by atoms with Crippen molar-refractivity contribution in [2.75, 3.05) is 17.6 Å². The number of rotatable bonds is 3. The van der Waals surface area contributed by atoms with Gasteiger partial charge in [-0.2, -0.15) is 13.2 Å². The van der Waals surface area contributed by atoms with Crippen molar-refractivity contribution in [2.45, 2.75) is 12.6 Å². The van der Waals surface area contributed by atoms with Crippen molar-refractivity contribution in [3.05, 3.63) is 12.1 Å². The van der Waals surface area contributed by atoms with Gasteiger partial charge in [0.15, 0.2) is 0 Å². The second-order valence-electron chi connectivity index (χ2n) is 2.64. The van der Waals surface area contributed by atoms with Gasteiger partial charge in [-0.15, -0.1) is 10.2 Å². The highest BCUT2D eigenvalue weighted by Crippen LogP contribution is 2.19. The molecule has 0 radical (unpaired) electrons. The van der Waals surface area contributed by atoms with E-state index in [9.17, 15) is 13.2 Å². The van der Waals surface area contributed by atoms with Crippen LogP contribution >= 0.6 is 0 Å². The second-order valence-corrected chi connectivity index (χ2v) is 2.64. The minimum absolute atomic E-state index is 0.220. The summed E-state index contributed by atoms with van der Waals surface area (Å²) >= 11 is 0. The van der Waals surface area contributed by atoms with Gasteiger partial charge >= 0.3 is 6.18 Å². The first-order valence-electron chi connectivity index (χ1n) is 3.87. The Morgan fingerprint density at radius 3 is 2.50 bits per heavy atom. The Balaban J connectivity index is 2.35. The lowest BCUT2D eigenvalue weighted by atomic mass is 10.4. The molecule has 0 unspecified atom stereocenters. The van der Waals surface area contributed by atoms with Gasteiger partial charge in [-0.3, -0.25) is 0 Å². The van der Waals surface area contributed by atoms with E-state index in [0.29, 0.717) is 0 Å². The standard InChI is InChI=1S/C7H9F3N4/c8-7(9,10)3-4-12-6-2-1-5(11)13-14-6/h1-2H,3-4H2,(H2,11,13)(H,12,14). The van der Waals surface area contributed by atoms with Crippen molar-refractivity contribution in [1.29, 1.82) is 0 Å². The number of hydrogen-bond donors (Lipinski definition) is 2. The van der Waals surface area contributed by atoms with Crippen molar-refractivity contribution in [1.82, 2.24) is 10.2 Å². The van der Waals surface area contributed by atoms with Crippen molar-refractivity contribution < 1.29 is 13.2 Å². The molecule has 1 rings (SSSR count). The van der Waals surface area contributed by atoms with Crippen LogP contribution in [0.2, 0.25) is 0 Å². The predicted molar refractivity (Wildman–Crippen MR) is 45.6 cm³/mol.